The molecule has 0 fully saturated rings. The maximum Gasteiger partial charge on any atom is 0.176 e. The van der Waals surface area contributed by atoms with E-state index in [9.17, 15) is 13.2 Å². The molecule has 128 valence electrons. The van der Waals surface area contributed by atoms with Gasteiger partial charge in [-0.05, 0) is 48.9 Å². The van der Waals surface area contributed by atoms with Crippen molar-refractivity contribution >= 4 is 27.7 Å². The molecule has 6 heteroatoms. The number of hydrogen-bond acceptors (Lipinski definition) is 3. The fourth-order valence-electron chi connectivity index (χ4n) is 2.78. The van der Waals surface area contributed by atoms with Gasteiger partial charge >= 0.3 is 0 Å². The van der Waals surface area contributed by atoms with Crippen LogP contribution in [-0.2, 0) is 9.84 Å². The van der Waals surface area contributed by atoms with Crippen LogP contribution in [0.25, 0.3) is 16.8 Å². The van der Waals surface area contributed by atoms with E-state index in [4.69, 9.17) is 11.6 Å². The van der Waals surface area contributed by atoms with Crippen molar-refractivity contribution in [3.8, 4) is 16.8 Å². The average molecular weight is 374 g/mol. The maximum absolute atomic E-state index is 12.2. The lowest BCUT2D eigenvalue weighted by Gasteiger charge is -2.13. The Balaban J connectivity index is 2.24. The highest BCUT2D eigenvalue weighted by molar-refractivity contribution is 7.90. The number of halogens is 1. The van der Waals surface area contributed by atoms with Crippen molar-refractivity contribution in [1.82, 2.24) is 4.57 Å². The van der Waals surface area contributed by atoms with Crippen LogP contribution in [0.1, 0.15) is 16.1 Å². The molecular formula is C19H16ClNO3S. The Morgan fingerprint density at radius 2 is 1.72 bits per heavy atom. The van der Waals surface area contributed by atoms with Crippen molar-refractivity contribution < 1.29 is 13.2 Å². The second-order valence-electron chi connectivity index (χ2n) is 5.80. The molecule has 0 bridgehead atoms. The zero-order valence-electron chi connectivity index (χ0n) is 13.7. The van der Waals surface area contributed by atoms with Crippen LogP contribution in [0.4, 0.5) is 0 Å². The first-order valence-corrected chi connectivity index (χ1v) is 9.82. The van der Waals surface area contributed by atoms with Gasteiger partial charge in [-0.25, -0.2) is 8.42 Å². The second-order valence-corrected chi connectivity index (χ2v) is 8.22. The minimum Gasteiger partial charge on any atom is -0.320 e. The van der Waals surface area contributed by atoms with Gasteiger partial charge in [-0.2, -0.15) is 0 Å². The summed E-state index contributed by atoms with van der Waals surface area (Å²) in [4.78, 5) is 11.3. The topological polar surface area (TPSA) is 56.1 Å². The number of aromatic nitrogens is 1. The zero-order chi connectivity index (χ0) is 18.2. The molecule has 0 spiro atoms. The highest BCUT2D eigenvalue weighted by Crippen LogP contribution is 2.31. The van der Waals surface area contributed by atoms with Crippen LogP contribution in [0, 0.1) is 6.92 Å². The third-order valence-electron chi connectivity index (χ3n) is 4.11. The standard InChI is InChI=1S/C19H16ClNO3S/c1-13-15(12-22)9-10-21(13)17-7-8-19(25(2,23)24)18(11-17)14-3-5-16(20)6-4-14/h3-12H,1-2H3. The quantitative estimate of drug-likeness (QED) is 0.640. The number of hydrogen-bond donors (Lipinski definition) is 0. The molecule has 3 aromatic rings. The summed E-state index contributed by atoms with van der Waals surface area (Å²) in [7, 11) is -3.40. The summed E-state index contributed by atoms with van der Waals surface area (Å²) in [6, 6.07) is 13.9. The largest absolute Gasteiger partial charge is 0.320 e. The highest BCUT2D eigenvalue weighted by Gasteiger charge is 2.16. The van der Waals surface area contributed by atoms with Crippen LogP contribution in [0.15, 0.2) is 59.6 Å². The number of carbonyl (C=O) groups excluding carboxylic acids is 1. The first-order chi connectivity index (χ1) is 11.8. The molecule has 25 heavy (non-hydrogen) atoms. The van der Waals surface area contributed by atoms with E-state index < -0.39 is 9.84 Å². The van der Waals surface area contributed by atoms with Crippen molar-refractivity contribution in [2.45, 2.75) is 11.8 Å². The third-order valence-corrected chi connectivity index (χ3v) is 5.51. The lowest BCUT2D eigenvalue weighted by atomic mass is 10.0. The van der Waals surface area contributed by atoms with E-state index in [2.05, 4.69) is 0 Å². The molecule has 0 aliphatic carbocycles. The van der Waals surface area contributed by atoms with E-state index >= 15 is 0 Å². The van der Waals surface area contributed by atoms with E-state index in [1.807, 2.05) is 11.5 Å². The molecule has 0 N–H and O–H groups in total. The molecule has 3 rings (SSSR count). The monoisotopic (exact) mass is 373 g/mol. The lowest BCUT2D eigenvalue weighted by molar-refractivity contribution is 0.112. The Hall–Kier alpha value is -2.37. The van der Waals surface area contributed by atoms with Crippen molar-refractivity contribution in [2.75, 3.05) is 6.26 Å². The average Bonchev–Trinajstić information content (AvgIpc) is 2.95. The number of aldehydes is 1. The number of rotatable bonds is 4. The number of benzene rings is 2. The summed E-state index contributed by atoms with van der Waals surface area (Å²) in [5, 5.41) is 0.581. The van der Waals surface area contributed by atoms with E-state index in [0.717, 1.165) is 23.2 Å². The second kappa shape index (κ2) is 6.50. The molecule has 0 aliphatic rings. The third kappa shape index (κ3) is 3.38. The van der Waals surface area contributed by atoms with Crippen molar-refractivity contribution in [3.05, 3.63) is 71.0 Å². The molecule has 1 heterocycles. The fraction of sp³-hybridized carbons (Fsp3) is 0.105. The van der Waals surface area contributed by atoms with Gasteiger partial charge < -0.3 is 4.57 Å². The molecule has 0 amide bonds. The van der Waals surface area contributed by atoms with Gasteiger partial charge in [0, 0.05) is 40.0 Å². The molecule has 0 atom stereocenters. The molecule has 1 aromatic heterocycles. The fourth-order valence-corrected chi connectivity index (χ4v) is 3.79. The highest BCUT2D eigenvalue weighted by atomic mass is 35.5. The molecule has 0 saturated heterocycles. The molecule has 0 unspecified atom stereocenters. The first-order valence-electron chi connectivity index (χ1n) is 7.55. The predicted molar refractivity (Wildman–Crippen MR) is 99.4 cm³/mol. The summed E-state index contributed by atoms with van der Waals surface area (Å²) in [6.45, 7) is 1.84. The summed E-state index contributed by atoms with van der Waals surface area (Å²) in [5.41, 5.74) is 3.52. The van der Waals surface area contributed by atoms with Gasteiger partial charge in [-0.15, -0.1) is 0 Å². The smallest absolute Gasteiger partial charge is 0.176 e. The van der Waals surface area contributed by atoms with Gasteiger partial charge in [0.2, 0.25) is 0 Å². The van der Waals surface area contributed by atoms with Crippen molar-refractivity contribution in [3.63, 3.8) is 0 Å². The van der Waals surface area contributed by atoms with Gasteiger partial charge in [0.1, 0.15) is 0 Å². The summed E-state index contributed by atoms with van der Waals surface area (Å²) in [5.74, 6) is 0. The van der Waals surface area contributed by atoms with Gasteiger partial charge in [-0.1, -0.05) is 23.7 Å². The van der Waals surface area contributed by atoms with Crippen LogP contribution < -0.4 is 0 Å². The predicted octanol–water partition coefficient (Wildman–Crippen LogP) is 4.32. The van der Waals surface area contributed by atoms with Crippen molar-refractivity contribution in [2.24, 2.45) is 0 Å². The molecular weight excluding hydrogens is 358 g/mol. The van der Waals surface area contributed by atoms with Crippen LogP contribution in [-0.4, -0.2) is 25.5 Å². The van der Waals surface area contributed by atoms with Gasteiger partial charge in [0.25, 0.3) is 0 Å². The maximum atomic E-state index is 12.2. The Bertz CT molecular complexity index is 1050. The first kappa shape index (κ1) is 17.5. The normalized spacial score (nSPS) is 11.5. The van der Waals surface area contributed by atoms with Crippen LogP contribution >= 0.6 is 11.6 Å². The molecule has 0 saturated carbocycles. The Kier molecular flexibility index (Phi) is 4.54. The number of carbonyl (C=O) groups is 1. The molecule has 2 aromatic carbocycles. The summed E-state index contributed by atoms with van der Waals surface area (Å²) in [6.07, 6.45) is 3.78. The minimum absolute atomic E-state index is 0.249. The van der Waals surface area contributed by atoms with E-state index in [0.29, 0.717) is 16.1 Å². The number of sulfone groups is 1. The summed E-state index contributed by atoms with van der Waals surface area (Å²) < 4.78 is 26.2. The van der Waals surface area contributed by atoms with E-state index in [1.165, 1.54) is 6.26 Å². The van der Waals surface area contributed by atoms with Gasteiger partial charge in [0.05, 0.1) is 4.90 Å². The number of nitrogens with zero attached hydrogens (tertiary/aromatic N) is 1. The molecule has 0 radical (unpaired) electrons. The Labute approximate surface area is 151 Å². The van der Waals surface area contributed by atoms with E-state index in [1.54, 1.807) is 54.7 Å². The van der Waals surface area contributed by atoms with Gasteiger partial charge in [0.15, 0.2) is 16.1 Å². The van der Waals surface area contributed by atoms with Gasteiger partial charge in [-0.3, -0.25) is 4.79 Å². The van der Waals surface area contributed by atoms with Crippen LogP contribution in [0.2, 0.25) is 5.02 Å². The Morgan fingerprint density at radius 1 is 1.04 bits per heavy atom. The lowest BCUT2D eigenvalue weighted by Crippen LogP contribution is -2.03. The van der Waals surface area contributed by atoms with Crippen LogP contribution in [0.3, 0.4) is 0 Å². The minimum atomic E-state index is -3.40. The molecule has 4 nitrogen and oxygen atoms in total. The molecule has 0 aliphatic heterocycles. The Morgan fingerprint density at radius 3 is 2.28 bits per heavy atom. The van der Waals surface area contributed by atoms with E-state index in [-0.39, 0.29) is 4.90 Å². The SMILES string of the molecule is Cc1c(C=O)ccn1-c1ccc(S(C)(=O)=O)c(-c2ccc(Cl)cc2)c1. The van der Waals surface area contributed by atoms with Crippen molar-refractivity contribution in [1.29, 1.82) is 0 Å². The zero-order valence-corrected chi connectivity index (χ0v) is 15.3. The van der Waals surface area contributed by atoms with Crippen LogP contribution in [0.5, 0.6) is 0 Å². The summed E-state index contributed by atoms with van der Waals surface area (Å²) >= 11 is 5.94.